The van der Waals surface area contributed by atoms with Gasteiger partial charge in [0.15, 0.2) is 0 Å². The lowest BCUT2D eigenvalue weighted by Gasteiger charge is -2.41. The van der Waals surface area contributed by atoms with E-state index in [-0.39, 0.29) is 33.7 Å². The highest BCUT2D eigenvalue weighted by Gasteiger charge is 2.47. The van der Waals surface area contributed by atoms with Crippen LogP contribution in [0.1, 0.15) is 88.5 Å². The van der Waals surface area contributed by atoms with Gasteiger partial charge < -0.3 is 43.8 Å². The number of carbonyl (C=O) groups is 1. The summed E-state index contributed by atoms with van der Waals surface area (Å²) < 4.78 is 22.2. The molecule has 2 saturated heterocycles. The van der Waals surface area contributed by atoms with E-state index in [1.807, 2.05) is 30.6 Å². The molecule has 0 amide bonds. The Bertz CT molecular complexity index is 1910. The fourth-order valence-corrected chi connectivity index (χ4v) is 9.09. The number of phenolic OH excluding ortho intramolecular Hbond substituents is 1. The summed E-state index contributed by atoms with van der Waals surface area (Å²) in [6.45, 7) is 1.70. The Balaban J connectivity index is 0.000000155. The number of hydrogen-bond acceptors (Lipinski definition) is 14. The quantitative estimate of drug-likeness (QED) is 0.110. The predicted octanol–water partition coefficient (Wildman–Crippen LogP) is 2.25. The van der Waals surface area contributed by atoms with Crippen LogP contribution in [0.3, 0.4) is 0 Å². The molecule has 4 heterocycles. The highest BCUT2D eigenvalue weighted by atomic mass is 16.5. The summed E-state index contributed by atoms with van der Waals surface area (Å²) in [6, 6.07) is 17.7. The number of nitrogens with one attached hydrogen (secondary N) is 1. The minimum Gasteiger partial charge on any atom is -0.508 e. The molecule has 17 heteroatoms. The van der Waals surface area contributed by atoms with Crippen LogP contribution in [0.2, 0.25) is 0 Å². The Hall–Kier alpha value is -4.38. The second-order valence-electron chi connectivity index (χ2n) is 15.6. The van der Waals surface area contributed by atoms with E-state index in [1.165, 1.54) is 88.9 Å². The number of rotatable bonds is 5. The zero-order valence-electron chi connectivity index (χ0n) is 32.8. The molecular weight excluding hydrogens is 725 g/mol. The van der Waals surface area contributed by atoms with Crippen LogP contribution in [0, 0.1) is 11.8 Å². The molecule has 3 aliphatic carbocycles. The number of hydrogen-bond donors (Lipinski definition) is 5. The minimum atomic E-state index is -1.63. The third-order valence-electron chi connectivity index (χ3n) is 12.2. The van der Waals surface area contributed by atoms with E-state index in [9.17, 15) is 9.90 Å². The molecule has 7 aliphatic rings. The van der Waals surface area contributed by atoms with Crippen molar-refractivity contribution in [2.75, 3.05) is 27.4 Å². The first-order valence-corrected chi connectivity index (χ1v) is 20.2. The second kappa shape index (κ2) is 18.9. The van der Waals surface area contributed by atoms with Crippen LogP contribution in [0.15, 0.2) is 64.8 Å². The number of ether oxygens (including phenoxy) is 2. The van der Waals surface area contributed by atoms with Gasteiger partial charge in [-0.2, -0.15) is 10.2 Å². The lowest BCUT2D eigenvalue weighted by atomic mass is 9.66. The number of methoxy groups -OCH3 is 2. The average Bonchev–Trinajstić information content (AvgIpc) is 4.06. The molecular formula is C40H57B3N6O8. The van der Waals surface area contributed by atoms with E-state index in [0.717, 1.165) is 35.6 Å². The molecule has 10 rings (SSSR count). The van der Waals surface area contributed by atoms with E-state index in [1.54, 1.807) is 25.3 Å². The summed E-state index contributed by atoms with van der Waals surface area (Å²) in [7, 11) is 1.45. The van der Waals surface area contributed by atoms with Gasteiger partial charge in [0.05, 0.1) is 26.6 Å². The van der Waals surface area contributed by atoms with Gasteiger partial charge in [-0.1, -0.05) is 43.9 Å². The van der Waals surface area contributed by atoms with Gasteiger partial charge in [-0.05, 0) is 102 Å². The molecule has 304 valence electrons. The number of phenols is 1. The fourth-order valence-electron chi connectivity index (χ4n) is 9.09. The molecule has 57 heavy (non-hydrogen) atoms. The first-order chi connectivity index (χ1) is 27.8. The molecule has 0 spiro atoms. The standard InChI is InChI=1S/C14H17BN2O2.C13H15BN2O2.C8H9BO4.C5H12N2.2H2/c1-18-12-5-6-13-11(7-12)8-16-17-14-4-2-3-10(14)9-19-15(13)17;17-11-4-5-12-10(6-11)7-15-16-13-3-1-2-9(13)8-18-14(12)16;1-13-7-2-3-8(9(11)12)6(4-7)5-10;6-7-5-3-1-2-4-5;;/h5-8,10,14H,2-4,9H2,1H3;4-7,9,13,17H,1-3,8H2;2-5,11-12H,1H3;5,7H,1-4,6H2;2*1H. The first-order valence-electron chi connectivity index (χ1n) is 20.2. The molecule has 5 fully saturated rings. The highest BCUT2D eigenvalue weighted by molar-refractivity contribution is 6.67. The number of aldehydes is 1. The van der Waals surface area contributed by atoms with Gasteiger partial charge in [0.1, 0.15) is 23.5 Å². The molecule has 4 aliphatic heterocycles. The number of carbonyl (C=O) groups excluding carboxylic acids is 1. The van der Waals surface area contributed by atoms with Crippen molar-refractivity contribution >= 4 is 56.3 Å². The second-order valence-corrected chi connectivity index (χ2v) is 15.6. The van der Waals surface area contributed by atoms with Crippen molar-refractivity contribution in [3.05, 3.63) is 71.3 Å². The van der Waals surface area contributed by atoms with Crippen LogP contribution in [0.4, 0.5) is 0 Å². The van der Waals surface area contributed by atoms with E-state index in [4.69, 9.17) is 34.7 Å². The molecule has 0 bridgehead atoms. The molecule has 4 atom stereocenters. The predicted molar refractivity (Wildman–Crippen MR) is 227 cm³/mol. The van der Waals surface area contributed by atoms with Crippen LogP contribution in [0.5, 0.6) is 17.2 Å². The van der Waals surface area contributed by atoms with Crippen molar-refractivity contribution in [3.63, 3.8) is 0 Å². The number of nitrogens with zero attached hydrogens (tertiary/aromatic N) is 4. The Morgan fingerprint density at radius 2 is 1.33 bits per heavy atom. The summed E-state index contributed by atoms with van der Waals surface area (Å²) in [6.07, 6.45) is 17.2. The van der Waals surface area contributed by atoms with Gasteiger partial charge in [0.2, 0.25) is 0 Å². The number of hydrazone groups is 2. The van der Waals surface area contributed by atoms with Gasteiger partial charge in [-0.3, -0.25) is 16.1 Å². The number of aromatic hydroxyl groups is 1. The van der Waals surface area contributed by atoms with E-state index in [0.29, 0.717) is 42.0 Å². The number of fused-ring (bicyclic) bond motifs is 10. The summed E-state index contributed by atoms with van der Waals surface area (Å²) in [5, 5.41) is 36.4. The molecule has 3 saturated carbocycles. The van der Waals surface area contributed by atoms with Gasteiger partial charge >= 0.3 is 21.2 Å². The zero-order valence-corrected chi connectivity index (χ0v) is 32.8. The van der Waals surface area contributed by atoms with Crippen molar-refractivity contribution < 1.29 is 41.6 Å². The van der Waals surface area contributed by atoms with Gasteiger partial charge in [-0.25, -0.2) is 0 Å². The lowest BCUT2D eigenvalue weighted by molar-refractivity contribution is 0.112. The van der Waals surface area contributed by atoms with Crippen molar-refractivity contribution in [1.29, 1.82) is 0 Å². The number of benzene rings is 3. The first kappa shape index (κ1) is 40.8. The third kappa shape index (κ3) is 9.19. The van der Waals surface area contributed by atoms with Crippen LogP contribution in [0.25, 0.3) is 0 Å². The van der Waals surface area contributed by atoms with Crippen LogP contribution in [-0.2, 0) is 9.31 Å². The summed E-state index contributed by atoms with van der Waals surface area (Å²) >= 11 is 0. The topological polar surface area (TPSA) is 184 Å². The highest BCUT2D eigenvalue weighted by Crippen LogP contribution is 2.37. The van der Waals surface area contributed by atoms with Crippen molar-refractivity contribution in [3.8, 4) is 17.2 Å². The molecule has 14 nitrogen and oxygen atoms in total. The van der Waals surface area contributed by atoms with Gasteiger partial charge in [0.25, 0.3) is 0 Å². The van der Waals surface area contributed by atoms with Crippen molar-refractivity contribution in [2.45, 2.75) is 82.3 Å². The maximum absolute atomic E-state index is 10.5. The van der Waals surface area contributed by atoms with Gasteiger partial charge in [-0.15, -0.1) is 0 Å². The van der Waals surface area contributed by atoms with Gasteiger partial charge in [0, 0.05) is 51.6 Å². The average molecular weight is 782 g/mol. The van der Waals surface area contributed by atoms with E-state index >= 15 is 0 Å². The lowest BCUT2D eigenvalue weighted by Crippen LogP contribution is -2.60. The maximum atomic E-state index is 10.5. The van der Waals surface area contributed by atoms with Crippen LogP contribution < -0.4 is 37.1 Å². The van der Waals surface area contributed by atoms with E-state index in [2.05, 4.69) is 31.5 Å². The van der Waals surface area contributed by atoms with Crippen molar-refractivity contribution in [1.82, 2.24) is 15.3 Å². The fraction of sp³-hybridized carbons (Fsp3) is 0.475. The number of hydrazine groups is 1. The third-order valence-corrected chi connectivity index (χ3v) is 12.2. The Morgan fingerprint density at radius 3 is 1.86 bits per heavy atom. The SMILES string of the molecule is COc1ccc(B(O)O)c(C=O)c1.COc1ccc2c(c1)C=NN1B2OCC2CCCC21.NNC1CCCC1.Oc1ccc2c(c1)C=NN1B2OCC2CCCC21.[HH].[HH]. The molecule has 4 unspecified atom stereocenters. The van der Waals surface area contributed by atoms with E-state index < -0.39 is 7.12 Å². The largest absolute Gasteiger partial charge is 0.508 e. The number of nitrogens with two attached hydrogens (primary N) is 1. The monoisotopic (exact) mass is 782 g/mol. The Morgan fingerprint density at radius 1 is 0.789 bits per heavy atom. The summed E-state index contributed by atoms with van der Waals surface area (Å²) in [4.78, 5) is 14.8. The van der Waals surface area contributed by atoms with Crippen molar-refractivity contribution in [2.24, 2.45) is 27.9 Å². The molecule has 3 aromatic carbocycles. The van der Waals surface area contributed by atoms with Crippen LogP contribution >= 0.6 is 0 Å². The normalized spacial score (nSPS) is 23.5. The Labute approximate surface area is 338 Å². The molecule has 0 radical (unpaired) electrons. The minimum absolute atomic E-state index is 0. The molecule has 3 aromatic rings. The molecule has 0 aromatic heterocycles. The smallest absolute Gasteiger partial charge is 0.489 e. The summed E-state index contributed by atoms with van der Waals surface area (Å²) in [5.41, 5.74) is 7.56. The van der Waals surface area contributed by atoms with Crippen LogP contribution in [-0.4, -0.2) is 110 Å². The molecule has 6 N–H and O–H groups in total. The Kier molecular flexibility index (Phi) is 13.5. The zero-order chi connectivity index (χ0) is 39.9. The maximum Gasteiger partial charge on any atom is 0.489 e. The summed E-state index contributed by atoms with van der Waals surface area (Å²) in [5.74, 6) is 8.14.